The minimum atomic E-state index is -0.695. The van der Waals surface area contributed by atoms with Crippen LogP contribution in [0.2, 0.25) is 0 Å². The van der Waals surface area contributed by atoms with Gasteiger partial charge in [0.1, 0.15) is 6.10 Å². The average molecular weight is 577 g/mol. The normalized spacial score (nSPS) is 12.4. The van der Waals surface area contributed by atoms with Crippen molar-refractivity contribution in [2.75, 3.05) is 0 Å². The van der Waals surface area contributed by atoms with Crippen molar-refractivity contribution in [3.05, 3.63) is 24.3 Å². The molecule has 0 aliphatic rings. The Morgan fingerprint density at radius 3 is 1.49 bits per heavy atom. The van der Waals surface area contributed by atoms with Crippen LogP contribution in [0, 0.1) is 0 Å². The van der Waals surface area contributed by atoms with Crippen LogP contribution in [0.3, 0.4) is 0 Å². The van der Waals surface area contributed by atoms with E-state index in [9.17, 15) is 9.59 Å². The van der Waals surface area contributed by atoms with E-state index in [0.717, 1.165) is 77.0 Å². The molecule has 0 heterocycles. The second-order valence-corrected chi connectivity index (χ2v) is 12.1. The molecule has 41 heavy (non-hydrogen) atoms. The standard InChI is InChI=1S/C37H68O4/c1-3-5-7-9-10-11-12-13-14-15-16-17-18-19-20-26-30-34-37(40)41-35(31-27-23-8-6-4-2)32-28-24-21-22-25-29-33-36(38)39/h10-11,13-14,35H,3-9,12,15-34H2,1-2H3,(H,38,39)/b11-10-,14-13-. The summed E-state index contributed by atoms with van der Waals surface area (Å²) < 4.78 is 5.94. The van der Waals surface area contributed by atoms with E-state index in [1.54, 1.807) is 0 Å². The lowest BCUT2D eigenvalue weighted by Crippen LogP contribution is -2.18. The molecule has 0 saturated carbocycles. The second-order valence-electron chi connectivity index (χ2n) is 12.1. The molecule has 0 spiro atoms. The fourth-order valence-electron chi connectivity index (χ4n) is 5.27. The van der Waals surface area contributed by atoms with Gasteiger partial charge < -0.3 is 9.84 Å². The van der Waals surface area contributed by atoms with Crippen molar-refractivity contribution in [1.29, 1.82) is 0 Å². The maximum absolute atomic E-state index is 12.5. The number of rotatable bonds is 32. The summed E-state index contributed by atoms with van der Waals surface area (Å²) in [6.07, 6.45) is 40.6. The molecule has 240 valence electrons. The molecule has 0 amide bonds. The number of aliphatic carboxylic acids is 1. The van der Waals surface area contributed by atoms with Crippen molar-refractivity contribution in [2.45, 2.75) is 200 Å². The Morgan fingerprint density at radius 1 is 0.537 bits per heavy atom. The van der Waals surface area contributed by atoms with Crippen molar-refractivity contribution in [1.82, 2.24) is 0 Å². The van der Waals surface area contributed by atoms with Gasteiger partial charge in [-0.2, -0.15) is 0 Å². The summed E-state index contributed by atoms with van der Waals surface area (Å²) >= 11 is 0. The summed E-state index contributed by atoms with van der Waals surface area (Å²) in [5.41, 5.74) is 0. The highest BCUT2D eigenvalue weighted by molar-refractivity contribution is 5.69. The Kier molecular flexibility index (Phi) is 31.7. The largest absolute Gasteiger partial charge is 0.481 e. The Hall–Kier alpha value is -1.58. The zero-order valence-electron chi connectivity index (χ0n) is 27.4. The average Bonchev–Trinajstić information content (AvgIpc) is 2.95. The van der Waals surface area contributed by atoms with E-state index in [0.29, 0.717) is 6.42 Å². The van der Waals surface area contributed by atoms with Gasteiger partial charge in [-0.1, -0.05) is 134 Å². The van der Waals surface area contributed by atoms with Crippen LogP contribution >= 0.6 is 0 Å². The monoisotopic (exact) mass is 577 g/mol. The third-order valence-electron chi connectivity index (χ3n) is 7.93. The second kappa shape index (κ2) is 32.9. The van der Waals surface area contributed by atoms with Crippen molar-refractivity contribution in [2.24, 2.45) is 0 Å². The topological polar surface area (TPSA) is 63.6 Å². The minimum Gasteiger partial charge on any atom is -0.481 e. The molecule has 0 saturated heterocycles. The first-order chi connectivity index (χ1) is 20.1. The lowest BCUT2D eigenvalue weighted by Gasteiger charge is -2.18. The molecule has 0 radical (unpaired) electrons. The number of unbranched alkanes of at least 4 members (excludes halogenated alkanes) is 19. The molecule has 1 atom stereocenters. The van der Waals surface area contributed by atoms with Crippen LogP contribution in [-0.4, -0.2) is 23.1 Å². The van der Waals surface area contributed by atoms with Crippen molar-refractivity contribution in [3.63, 3.8) is 0 Å². The smallest absolute Gasteiger partial charge is 0.306 e. The highest BCUT2D eigenvalue weighted by Gasteiger charge is 2.14. The summed E-state index contributed by atoms with van der Waals surface area (Å²) in [5, 5.41) is 8.73. The van der Waals surface area contributed by atoms with Crippen molar-refractivity contribution >= 4 is 11.9 Å². The van der Waals surface area contributed by atoms with Crippen LogP contribution in [-0.2, 0) is 14.3 Å². The number of carboxylic acids is 1. The molecule has 0 rings (SSSR count). The molecule has 0 aromatic rings. The summed E-state index contributed by atoms with van der Waals surface area (Å²) in [4.78, 5) is 23.1. The molecule has 4 nitrogen and oxygen atoms in total. The molecule has 0 aliphatic heterocycles. The van der Waals surface area contributed by atoms with Gasteiger partial charge in [0.25, 0.3) is 0 Å². The number of esters is 1. The van der Waals surface area contributed by atoms with Crippen molar-refractivity contribution in [3.8, 4) is 0 Å². The molecular formula is C37H68O4. The van der Waals surface area contributed by atoms with Gasteiger partial charge in [-0.25, -0.2) is 0 Å². The van der Waals surface area contributed by atoms with Gasteiger partial charge in [-0.3, -0.25) is 9.59 Å². The quantitative estimate of drug-likeness (QED) is 0.0491. The number of allylic oxidation sites excluding steroid dienone is 4. The molecule has 0 fully saturated rings. The Morgan fingerprint density at radius 2 is 0.951 bits per heavy atom. The predicted molar refractivity (Wildman–Crippen MR) is 176 cm³/mol. The first kappa shape index (κ1) is 39.4. The molecule has 0 aromatic heterocycles. The molecular weight excluding hydrogens is 508 g/mol. The Bertz CT molecular complexity index is 624. The number of hydrogen-bond acceptors (Lipinski definition) is 3. The maximum atomic E-state index is 12.5. The van der Waals surface area contributed by atoms with E-state index in [1.807, 2.05) is 0 Å². The highest BCUT2D eigenvalue weighted by Crippen LogP contribution is 2.18. The molecule has 0 aliphatic carbocycles. The maximum Gasteiger partial charge on any atom is 0.306 e. The van der Waals surface area contributed by atoms with E-state index >= 15 is 0 Å². The molecule has 1 N–H and O–H groups in total. The third-order valence-corrected chi connectivity index (χ3v) is 7.93. The van der Waals surface area contributed by atoms with E-state index in [4.69, 9.17) is 9.84 Å². The third kappa shape index (κ3) is 32.8. The van der Waals surface area contributed by atoms with Crippen LogP contribution < -0.4 is 0 Å². The van der Waals surface area contributed by atoms with Gasteiger partial charge in [0.2, 0.25) is 0 Å². The van der Waals surface area contributed by atoms with Crippen LogP contribution in [0.15, 0.2) is 24.3 Å². The first-order valence-electron chi connectivity index (χ1n) is 17.8. The fourth-order valence-corrected chi connectivity index (χ4v) is 5.27. The van der Waals surface area contributed by atoms with Crippen LogP contribution in [0.1, 0.15) is 194 Å². The molecule has 4 heteroatoms. The number of ether oxygens (including phenoxy) is 1. The van der Waals surface area contributed by atoms with Gasteiger partial charge >= 0.3 is 11.9 Å². The summed E-state index contributed by atoms with van der Waals surface area (Å²) in [7, 11) is 0. The Balaban J connectivity index is 3.86. The Labute approximate surface area is 255 Å². The van der Waals surface area contributed by atoms with Crippen LogP contribution in [0.4, 0.5) is 0 Å². The highest BCUT2D eigenvalue weighted by atomic mass is 16.5. The zero-order valence-corrected chi connectivity index (χ0v) is 27.4. The van der Waals surface area contributed by atoms with E-state index in [-0.39, 0.29) is 18.5 Å². The SMILES string of the molecule is CCCCC/C=C\C/C=C\CCCCCCCCCC(=O)OC(CCCCCCC)CCCCCCCCC(=O)O. The van der Waals surface area contributed by atoms with Gasteiger partial charge in [-0.05, 0) is 70.6 Å². The first-order valence-corrected chi connectivity index (χ1v) is 17.8. The number of carbonyl (C=O) groups excluding carboxylic acids is 1. The van der Waals surface area contributed by atoms with E-state index < -0.39 is 5.97 Å². The lowest BCUT2D eigenvalue weighted by atomic mass is 10.0. The minimum absolute atomic E-state index is 0.000166. The summed E-state index contributed by atoms with van der Waals surface area (Å²) in [6, 6.07) is 0. The predicted octanol–water partition coefficient (Wildman–Crippen LogP) is 12.1. The van der Waals surface area contributed by atoms with E-state index in [1.165, 1.54) is 89.9 Å². The molecule has 0 bridgehead atoms. The molecule has 1 unspecified atom stereocenters. The number of carbonyl (C=O) groups is 2. The van der Waals surface area contributed by atoms with Gasteiger partial charge in [0.15, 0.2) is 0 Å². The van der Waals surface area contributed by atoms with Crippen LogP contribution in [0.5, 0.6) is 0 Å². The lowest BCUT2D eigenvalue weighted by molar-refractivity contribution is -0.150. The fraction of sp³-hybridized carbons (Fsp3) is 0.838. The number of carboxylic acid groups (broad SMARTS) is 1. The van der Waals surface area contributed by atoms with Gasteiger partial charge in [0.05, 0.1) is 0 Å². The van der Waals surface area contributed by atoms with Crippen molar-refractivity contribution < 1.29 is 19.4 Å². The number of hydrogen-bond donors (Lipinski definition) is 1. The van der Waals surface area contributed by atoms with Crippen LogP contribution in [0.25, 0.3) is 0 Å². The summed E-state index contributed by atoms with van der Waals surface area (Å²) in [5.74, 6) is -0.695. The van der Waals surface area contributed by atoms with Gasteiger partial charge in [0, 0.05) is 12.8 Å². The zero-order chi connectivity index (χ0) is 30.1. The molecule has 0 aromatic carbocycles. The van der Waals surface area contributed by atoms with E-state index in [2.05, 4.69) is 38.2 Å². The summed E-state index contributed by atoms with van der Waals surface area (Å²) in [6.45, 7) is 4.49. The van der Waals surface area contributed by atoms with Gasteiger partial charge in [-0.15, -0.1) is 0 Å².